The van der Waals surface area contributed by atoms with Gasteiger partial charge in [-0.3, -0.25) is 4.79 Å². The smallest absolute Gasteiger partial charge is 0.220 e. The van der Waals surface area contributed by atoms with Crippen LogP contribution in [-0.4, -0.2) is 34.9 Å². The average molecular weight is 818 g/mol. The number of nitrogens with one attached hydrogen (secondary N) is 1. The highest BCUT2D eigenvalue weighted by Gasteiger charge is 2.18. The molecule has 0 aliphatic heterocycles. The molecule has 0 aromatic carbocycles. The third-order valence-electron chi connectivity index (χ3n) is 12.8. The summed E-state index contributed by atoms with van der Waals surface area (Å²) >= 11 is 0. The van der Waals surface area contributed by atoms with Gasteiger partial charge in [0.25, 0.3) is 0 Å². The van der Waals surface area contributed by atoms with Crippen LogP contribution in [0.25, 0.3) is 0 Å². The van der Waals surface area contributed by atoms with E-state index in [1.807, 2.05) is 6.08 Å². The Morgan fingerprint density at radius 3 is 0.897 bits per heavy atom. The van der Waals surface area contributed by atoms with Gasteiger partial charge in [-0.15, -0.1) is 0 Å². The summed E-state index contributed by atoms with van der Waals surface area (Å²) in [7, 11) is 0. The zero-order chi connectivity index (χ0) is 42.1. The Balaban J connectivity index is 3.37. The lowest BCUT2D eigenvalue weighted by Crippen LogP contribution is -2.45. The van der Waals surface area contributed by atoms with Crippen molar-refractivity contribution in [2.45, 2.75) is 321 Å². The lowest BCUT2D eigenvalue weighted by Gasteiger charge is -2.20. The second kappa shape index (κ2) is 50.5. The molecule has 2 atom stereocenters. The van der Waals surface area contributed by atoms with Gasteiger partial charge >= 0.3 is 0 Å². The highest BCUT2D eigenvalue weighted by atomic mass is 16.3. The number of carbonyl (C=O) groups excluding carboxylic acids is 1. The first kappa shape index (κ1) is 57.1. The Bertz CT molecular complexity index is 799. The number of hydrogen-bond acceptors (Lipinski definition) is 3. The Kier molecular flexibility index (Phi) is 49.7. The SMILES string of the molecule is CCCCCCCCCCCCC/C=C/[C@@H](O)[C@H](CO)NC(=O)CCCCCCCCCCCCCCCCCCCCCCCCCCCCCCCCCCC. The number of aliphatic hydroxyl groups is 2. The van der Waals surface area contributed by atoms with E-state index >= 15 is 0 Å². The van der Waals surface area contributed by atoms with Gasteiger partial charge in [-0.05, 0) is 19.3 Å². The molecule has 58 heavy (non-hydrogen) atoms. The number of unbranched alkanes of at least 4 members (excludes halogenated alkanes) is 43. The molecule has 0 aliphatic carbocycles. The molecule has 0 bridgehead atoms. The van der Waals surface area contributed by atoms with Crippen LogP contribution in [0.15, 0.2) is 12.2 Å². The van der Waals surface area contributed by atoms with Crippen molar-refractivity contribution in [2.75, 3.05) is 6.61 Å². The fourth-order valence-electron chi connectivity index (χ4n) is 8.65. The van der Waals surface area contributed by atoms with Crippen LogP contribution in [0.4, 0.5) is 0 Å². The van der Waals surface area contributed by atoms with Crippen molar-refractivity contribution >= 4 is 5.91 Å². The van der Waals surface area contributed by atoms with Crippen LogP contribution >= 0.6 is 0 Å². The Morgan fingerprint density at radius 2 is 0.638 bits per heavy atom. The van der Waals surface area contributed by atoms with Crippen molar-refractivity contribution in [1.29, 1.82) is 0 Å². The molecule has 0 fully saturated rings. The second-order valence-corrected chi connectivity index (χ2v) is 18.7. The molecule has 0 rings (SSSR count). The van der Waals surface area contributed by atoms with Crippen molar-refractivity contribution in [2.24, 2.45) is 0 Å². The van der Waals surface area contributed by atoms with Crippen LogP contribution in [0.5, 0.6) is 0 Å². The minimum atomic E-state index is -0.834. The van der Waals surface area contributed by atoms with Crippen LogP contribution in [0.2, 0.25) is 0 Å². The molecular weight excluding hydrogens is 711 g/mol. The van der Waals surface area contributed by atoms with E-state index in [2.05, 4.69) is 19.2 Å². The fourth-order valence-corrected chi connectivity index (χ4v) is 8.65. The van der Waals surface area contributed by atoms with Crippen LogP contribution in [0.1, 0.15) is 309 Å². The summed E-state index contributed by atoms with van der Waals surface area (Å²) in [6.45, 7) is 4.33. The fraction of sp³-hybridized carbons (Fsp3) is 0.944. The topological polar surface area (TPSA) is 69.6 Å². The van der Waals surface area contributed by atoms with Gasteiger partial charge in [0.2, 0.25) is 5.91 Å². The quantitative estimate of drug-likeness (QED) is 0.0423. The number of aliphatic hydroxyl groups excluding tert-OH is 2. The molecule has 0 saturated heterocycles. The van der Waals surface area contributed by atoms with E-state index < -0.39 is 12.1 Å². The highest BCUT2D eigenvalue weighted by molar-refractivity contribution is 5.76. The Hall–Kier alpha value is -0.870. The lowest BCUT2D eigenvalue weighted by atomic mass is 10.0. The molecule has 0 unspecified atom stereocenters. The Labute approximate surface area is 365 Å². The minimum absolute atomic E-state index is 0.0578. The number of carbonyl (C=O) groups is 1. The van der Waals surface area contributed by atoms with Crippen molar-refractivity contribution in [3.8, 4) is 0 Å². The molecule has 0 saturated carbocycles. The molecule has 3 N–H and O–H groups in total. The maximum absolute atomic E-state index is 12.4. The number of allylic oxidation sites excluding steroid dienone is 1. The van der Waals surface area contributed by atoms with E-state index in [1.165, 1.54) is 263 Å². The number of rotatable bonds is 50. The van der Waals surface area contributed by atoms with Crippen molar-refractivity contribution in [1.82, 2.24) is 5.32 Å². The summed E-state index contributed by atoms with van der Waals surface area (Å²) in [6, 6.07) is -0.616. The summed E-state index contributed by atoms with van der Waals surface area (Å²) in [5.41, 5.74) is 0. The third-order valence-corrected chi connectivity index (χ3v) is 12.8. The van der Waals surface area contributed by atoms with Crippen LogP contribution in [-0.2, 0) is 4.79 Å². The predicted molar refractivity (Wildman–Crippen MR) is 258 cm³/mol. The minimum Gasteiger partial charge on any atom is -0.394 e. The monoisotopic (exact) mass is 818 g/mol. The molecule has 0 heterocycles. The number of amides is 1. The summed E-state index contributed by atoms with van der Waals surface area (Å²) in [5.74, 6) is -0.0578. The molecule has 0 radical (unpaired) electrons. The molecule has 1 amide bonds. The molecule has 0 aliphatic rings. The van der Waals surface area contributed by atoms with Crippen LogP contribution in [0, 0.1) is 0 Å². The molecule has 0 spiro atoms. The predicted octanol–water partition coefficient (Wildman–Crippen LogP) is 17.4. The molecule has 4 heteroatoms. The van der Waals surface area contributed by atoms with Crippen molar-refractivity contribution in [3.05, 3.63) is 12.2 Å². The molecule has 346 valence electrons. The van der Waals surface area contributed by atoms with Gasteiger partial charge < -0.3 is 15.5 Å². The number of hydrogen-bond donors (Lipinski definition) is 3. The van der Waals surface area contributed by atoms with Gasteiger partial charge in [-0.2, -0.15) is 0 Å². The van der Waals surface area contributed by atoms with Gasteiger partial charge in [0.1, 0.15) is 0 Å². The molecular formula is C54H107NO3. The van der Waals surface area contributed by atoms with E-state index in [-0.39, 0.29) is 12.5 Å². The molecule has 0 aromatic heterocycles. The molecule has 4 nitrogen and oxygen atoms in total. The Morgan fingerprint density at radius 1 is 0.397 bits per heavy atom. The maximum Gasteiger partial charge on any atom is 0.220 e. The van der Waals surface area contributed by atoms with Gasteiger partial charge in [0.15, 0.2) is 0 Å². The summed E-state index contributed by atoms with van der Waals surface area (Å²) in [5, 5.41) is 23.0. The highest BCUT2D eigenvalue weighted by Crippen LogP contribution is 2.18. The van der Waals surface area contributed by atoms with Crippen molar-refractivity contribution in [3.63, 3.8) is 0 Å². The van der Waals surface area contributed by atoms with Gasteiger partial charge in [0, 0.05) is 6.42 Å². The van der Waals surface area contributed by atoms with E-state index in [4.69, 9.17) is 0 Å². The van der Waals surface area contributed by atoms with Crippen LogP contribution < -0.4 is 5.32 Å². The second-order valence-electron chi connectivity index (χ2n) is 18.7. The van der Waals surface area contributed by atoms with E-state index in [0.717, 1.165) is 25.7 Å². The standard InChI is InChI=1S/C54H107NO3/c1-3-5-7-9-11-13-15-17-18-19-20-21-22-23-24-25-26-27-28-29-30-31-32-33-34-35-36-38-40-42-44-46-48-50-54(58)55-52(51-56)53(57)49-47-45-43-41-39-37-16-14-12-10-8-6-4-2/h47,49,52-53,56-57H,3-46,48,50-51H2,1-2H3,(H,55,58)/b49-47+/t52-,53+/m0/s1. The van der Waals surface area contributed by atoms with Gasteiger partial charge in [-0.25, -0.2) is 0 Å². The summed E-state index contributed by atoms with van der Waals surface area (Å²) in [4.78, 5) is 12.4. The largest absolute Gasteiger partial charge is 0.394 e. The average Bonchev–Trinajstić information content (AvgIpc) is 3.23. The zero-order valence-corrected chi connectivity index (χ0v) is 39.8. The van der Waals surface area contributed by atoms with Gasteiger partial charge in [-0.1, -0.05) is 296 Å². The van der Waals surface area contributed by atoms with E-state index in [0.29, 0.717) is 6.42 Å². The van der Waals surface area contributed by atoms with E-state index in [1.54, 1.807) is 6.08 Å². The molecule has 0 aromatic rings. The lowest BCUT2D eigenvalue weighted by molar-refractivity contribution is -0.123. The first-order valence-corrected chi connectivity index (χ1v) is 26.9. The first-order chi connectivity index (χ1) is 28.7. The normalized spacial score (nSPS) is 12.8. The first-order valence-electron chi connectivity index (χ1n) is 26.9. The maximum atomic E-state index is 12.4. The summed E-state index contributed by atoms with van der Waals surface area (Å²) < 4.78 is 0. The van der Waals surface area contributed by atoms with E-state index in [9.17, 15) is 15.0 Å². The third kappa shape index (κ3) is 46.2. The summed E-state index contributed by atoms with van der Waals surface area (Å²) in [6.07, 6.45) is 65.2. The van der Waals surface area contributed by atoms with Crippen LogP contribution in [0.3, 0.4) is 0 Å². The van der Waals surface area contributed by atoms with Gasteiger partial charge in [0.05, 0.1) is 18.8 Å². The van der Waals surface area contributed by atoms with Crippen molar-refractivity contribution < 1.29 is 15.0 Å². The zero-order valence-electron chi connectivity index (χ0n) is 39.8.